The Bertz CT molecular complexity index is 718. The third-order valence-electron chi connectivity index (χ3n) is 5.43. The van der Waals surface area contributed by atoms with Crippen molar-refractivity contribution in [1.82, 2.24) is 0 Å². The van der Waals surface area contributed by atoms with E-state index < -0.39 is 17.8 Å². The van der Waals surface area contributed by atoms with E-state index >= 15 is 0 Å². The predicted molar refractivity (Wildman–Crippen MR) is 101 cm³/mol. The van der Waals surface area contributed by atoms with E-state index in [0.717, 1.165) is 37.2 Å². The molecule has 3 atom stereocenters. The molecule has 3 rings (SSSR count). The average molecular weight is 396 g/mol. The number of aliphatic hydroxyl groups is 1. The van der Waals surface area contributed by atoms with Gasteiger partial charge in [-0.2, -0.15) is 13.2 Å². The van der Waals surface area contributed by atoms with Crippen molar-refractivity contribution in [3.8, 4) is 5.75 Å². The SMILES string of the molecule is CC(O[C@@H]1CC(/C=C/CCOc2cccc(C(F)(F)F)c2)[C@H](O)C1)=C1CCC1. The van der Waals surface area contributed by atoms with Crippen molar-refractivity contribution in [1.29, 1.82) is 0 Å². The van der Waals surface area contributed by atoms with Crippen molar-refractivity contribution in [2.75, 3.05) is 6.61 Å². The highest BCUT2D eigenvalue weighted by Gasteiger charge is 2.33. The maximum Gasteiger partial charge on any atom is 0.416 e. The molecule has 154 valence electrons. The van der Waals surface area contributed by atoms with Crippen LogP contribution in [0.5, 0.6) is 5.75 Å². The Morgan fingerprint density at radius 1 is 1.25 bits per heavy atom. The van der Waals surface area contributed by atoms with E-state index in [1.807, 2.05) is 19.1 Å². The van der Waals surface area contributed by atoms with E-state index in [9.17, 15) is 18.3 Å². The third-order valence-corrected chi connectivity index (χ3v) is 5.43. The smallest absolute Gasteiger partial charge is 0.416 e. The number of ether oxygens (including phenoxy) is 2. The van der Waals surface area contributed by atoms with Gasteiger partial charge in [0.1, 0.15) is 11.9 Å². The summed E-state index contributed by atoms with van der Waals surface area (Å²) in [5, 5.41) is 10.2. The highest BCUT2D eigenvalue weighted by molar-refractivity contribution is 5.30. The molecule has 1 unspecified atom stereocenters. The lowest BCUT2D eigenvalue weighted by Gasteiger charge is -2.22. The third kappa shape index (κ3) is 5.53. The van der Waals surface area contributed by atoms with Gasteiger partial charge < -0.3 is 14.6 Å². The van der Waals surface area contributed by atoms with Gasteiger partial charge in [0.05, 0.1) is 24.0 Å². The molecule has 0 radical (unpaired) electrons. The Hall–Kier alpha value is -1.95. The second-order valence-electron chi connectivity index (χ2n) is 7.55. The van der Waals surface area contributed by atoms with Crippen LogP contribution in [0.2, 0.25) is 0 Å². The Morgan fingerprint density at radius 2 is 2.04 bits per heavy atom. The van der Waals surface area contributed by atoms with Gasteiger partial charge in [-0.3, -0.25) is 0 Å². The highest BCUT2D eigenvalue weighted by Crippen LogP contribution is 2.35. The minimum absolute atomic E-state index is 0.0396. The first-order valence-corrected chi connectivity index (χ1v) is 9.83. The fourth-order valence-corrected chi connectivity index (χ4v) is 3.62. The van der Waals surface area contributed by atoms with E-state index in [-0.39, 0.29) is 24.4 Å². The van der Waals surface area contributed by atoms with Crippen LogP contribution < -0.4 is 4.74 Å². The van der Waals surface area contributed by atoms with E-state index in [1.54, 1.807) is 0 Å². The lowest BCUT2D eigenvalue weighted by Crippen LogP contribution is -2.12. The van der Waals surface area contributed by atoms with Crippen LogP contribution >= 0.6 is 0 Å². The number of aliphatic hydroxyl groups excluding tert-OH is 1. The summed E-state index contributed by atoms with van der Waals surface area (Å²) in [6.45, 7) is 2.29. The molecule has 3 nitrogen and oxygen atoms in total. The minimum Gasteiger partial charge on any atom is -0.495 e. The molecule has 1 N–H and O–H groups in total. The first kappa shape index (κ1) is 20.8. The zero-order valence-corrected chi connectivity index (χ0v) is 16.0. The number of benzene rings is 1. The fraction of sp³-hybridized carbons (Fsp3) is 0.545. The Balaban J connectivity index is 1.41. The number of hydrogen-bond donors (Lipinski definition) is 1. The molecule has 1 aromatic rings. The molecule has 2 aliphatic rings. The topological polar surface area (TPSA) is 38.7 Å². The summed E-state index contributed by atoms with van der Waals surface area (Å²) in [5.41, 5.74) is 0.674. The molecule has 0 amide bonds. The molecule has 2 saturated carbocycles. The summed E-state index contributed by atoms with van der Waals surface area (Å²) >= 11 is 0. The van der Waals surface area contributed by atoms with Crippen LogP contribution in [-0.2, 0) is 10.9 Å². The summed E-state index contributed by atoms with van der Waals surface area (Å²) < 4.78 is 49.5. The van der Waals surface area contributed by atoms with Gasteiger partial charge >= 0.3 is 6.18 Å². The van der Waals surface area contributed by atoms with Crippen LogP contribution in [0.25, 0.3) is 0 Å². The van der Waals surface area contributed by atoms with Crippen molar-refractivity contribution in [2.24, 2.45) is 5.92 Å². The fourth-order valence-electron chi connectivity index (χ4n) is 3.62. The molecule has 1 aromatic carbocycles. The monoisotopic (exact) mass is 396 g/mol. The molecule has 0 aromatic heterocycles. The van der Waals surface area contributed by atoms with Crippen LogP contribution in [0.1, 0.15) is 51.0 Å². The van der Waals surface area contributed by atoms with E-state index in [4.69, 9.17) is 9.47 Å². The summed E-state index contributed by atoms with van der Waals surface area (Å²) in [7, 11) is 0. The zero-order valence-electron chi connectivity index (χ0n) is 16.0. The van der Waals surface area contributed by atoms with Crippen molar-refractivity contribution >= 4 is 0 Å². The first-order chi connectivity index (χ1) is 13.3. The van der Waals surface area contributed by atoms with E-state index in [2.05, 4.69) is 0 Å². The molecule has 28 heavy (non-hydrogen) atoms. The molecule has 0 aliphatic heterocycles. The van der Waals surface area contributed by atoms with Gasteiger partial charge in [-0.05, 0) is 62.8 Å². The van der Waals surface area contributed by atoms with Crippen LogP contribution in [0.3, 0.4) is 0 Å². The Morgan fingerprint density at radius 3 is 2.71 bits per heavy atom. The molecule has 0 spiro atoms. The van der Waals surface area contributed by atoms with Crippen molar-refractivity contribution in [2.45, 2.75) is 63.8 Å². The van der Waals surface area contributed by atoms with Crippen molar-refractivity contribution in [3.63, 3.8) is 0 Å². The molecule has 0 bridgehead atoms. The number of rotatable bonds is 7. The van der Waals surface area contributed by atoms with E-state index in [1.165, 1.54) is 24.1 Å². The minimum atomic E-state index is -4.37. The van der Waals surface area contributed by atoms with Crippen molar-refractivity contribution in [3.05, 3.63) is 53.3 Å². The molecular weight excluding hydrogens is 369 g/mol. The van der Waals surface area contributed by atoms with Gasteiger partial charge in [0.25, 0.3) is 0 Å². The maximum atomic E-state index is 12.7. The lowest BCUT2D eigenvalue weighted by molar-refractivity contribution is -0.137. The molecule has 0 heterocycles. The Labute approximate surface area is 163 Å². The van der Waals surface area contributed by atoms with Gasteiger partial charge in [-0.25, -0.2) is 0 Å². The lowest BCUT2D eigenvalue weighted by atomic mass is 9.91. The number of allylic oxidation sites excluding steroid dienone is 2. The quantitative estimate of drug-likeness (QED) is 0.368. The molecule has 6 heteroatoms. The van der Waals surface area contributed by atoms with Crippen molar-refractivity contribution < 1.29 is 27.8 Å². The molecule has 0 saturated heterocycles. The van der Waals surface area contributed by atoms with Crippen LogP contribution in [0, 0.1) is 5.92 Å². The normalized spacial score (nSPS) is 25.0. The molecule has 2 fully saturated rings. The summed E-state index contributed by atoms with van der Waals surface area (Å²) in [6, 6.07) is 4.88. The van der Waals surface area contributed by atoms with Gasteiger partial charge in [-0.1, -0.05) is 18.2 Å². The number of halogens is 3. The summed E-state index contributed by atoms with van der Waals surface area (Å²) in [5.74, 6) is 1.26. The predicted octanol–water partition coefficient (Wildman–Crippen LogP) is 5.64. The van der Waals surface area contributed by atoms with Crippen LogP contribution in [-0.4, -0.2) is 23.9 Å². The summed E-state index contributed by atoms with van der Waals surface area (Å²) in [6.07, 6.45) is 4.57. The van der Waals surface area contributed by atoms with Crippen LogP contribution in [0.4, 0.5) is 13.2 Å². The van der Waals surface area contributed by atoms with Gasteiger partial charge in [0.15, 0.2) is 0 Å². The van der Waals surface area contributed by atoms with E-state index in [0.29, 0.717) is 12.8 Å². The van der Waals surface area contributed by atoms with Gasteiger partial charge in [0.2, 0.25) is 0 Å². The van der Waals surface area contributed by atoms with Crippen LogP contribution in [0.15, 0.2) is 47.7 Å². The second-order valence-corrected chi connectivity index (χ2v) is 7.55. The maximum absolute atomic E-state index is 12.7. The average Bonchev–Trinajstić information content (AvgIpc) is 2.91. The number of hydrogen-bond acceptors (Lipinski definition) is 3. The highest BCUT2D eigenvalue weighted by atomic mass is 19.4. The number of alkyl halides is 3. The zero-order chi connectivity index (χ0) is 20.1. The standard InChI is InChI=1S/C22H27F3O3/c1-15(16-7-4-8-16)28-20-12-17(21(26)14-20)6-2-3-11-27-19-10-5-9-18(13-19)22(23,24)25/h2,5-6,9-10,13,17,20-21,26H,3-4,7-8,11-12,14H2,1H3/b6-2+/t17?,20-,21-/m1/s1. The largest absolute Gasteiger partial charge is 0.495 e. The van der Waals surface area contributed by atoms with Gasteiger partial charge in [0, 0.05) is 12.3 Å². The van der Waals surface area contributed by atoms with Gasteiger partial charge in [-0.15, -0.1) is 0 Å². The summed E-state index contributed by atoms with van der Waals surface area (Å²) in [4.78, 5) is 0. The second kappa shape index (κ2) is 9.03. The molecular formula is C22H27F3O3. The first-order valence-electron chi connectivity index (χ1n) is 9.83. The molecule has 2 aliphatic carbocycles. The Kier molecular flexibility index (Phi) is 6.70.